The molecule has 1 aromatic rings. The van der Waals surface area contributed by atoms with E-state index in [1.807, 2.05) is 25.2 Å². The number of nitrogens with one attached hydrogen (secondary N) is 1. The maximum atomic E-state index is 12.4. The molecule has 0 spiro atoms. The summed E-state index contributed by atoms with van der Waals surface area (Å²) in [6, 6.07) is 8.54. The van der Waals surface area contributed by atoms with Gasteiger partial charge in [-0.1, -0.05) is 31.9 Å². The van der Waals surface area contributed by atoms with E-state index in [-0.39, 0.29) is 12.0 Å². The first-order chi connectivity index (χ1) is 12.6. The minimum atomic E-state index is 0.0799. The largest absolute Gasteiger partial charge is 0.485 e. The number of hydrogen-bond donors (Lipinski definition) is 1. The highest BCUT2D eigenvalue weighted by molar-refractivity contribution is 5.78. The summed E-state index contributed by atoms with van der Waals surface area (Å²) in [5.41, 5.74) is 1.16. The van der Waals surface area contributed by atoms with E-state index in [0.29, 0.717) is 18.5 Å². The number of amides is 1. The van der Waals surface area contributed by atoms with Gasteiger partial charge in [0.25, 0.3) is 0 Å². The normalized spacial score (nSPS) is 25.5. The Labute approximate surface area is 157 Å². The van der Waals surface area contributed by atoms with Crippen molar-refractivity contribution in [3.05, 3.63) is 24.3 Å². The molecule has 144 valence electrons. The molecule has 2 aliphatic rings. The molecule has 0 aromatic heterocycles. The van der Waals surface area contributed by atoms with Gasteiger partial charge in [-0.05, 0) is 44.9 Å². The van der Waals surface area contributed by atoms with Gasteiger partial charge in [-0.15, -0.1) is 0 Å². The van der Waals surface area contributed by atoms with Crippen LogP contribution in [0.15, 0.2) is 24.3 Å². The number of fused-ring (bicyclic) bond motifs is 1. The lowest BCUT2D eigenvalue weighted by molar-refractivity contribution is -0.123. The van der Waals surface area contributed by atoms with Crippen LogP contribution in [0.2, 0.25) is 0 Å². The number of nitrogens with zero attached hydrogens (tertiary/aromatic N) is 2. The number of carbonyl (C=O) groups is 1. The van der Waals surface area contributed by atoms with Crippen LogP contribution in [0.25, 0.3) is 0 Å². The van der Waals surface area contributed by atoms with Crippen LogP contribution in [0, 0.1) is 5.92 Å². The monoisotopic (exact) mass is 359 g/mol. The number of benzene rings is 1. The summed E-state index contributed by atoms with van der Waals surface area (Å²) >= 11 is 0. The summed E-state index contributed by atoms with van der Waals surface area (Å²) in [5, 5.41) is 3.24. The number of likely N-dealkylation sites (N-methyl/N-ethyl adjacent to an activating group) is 2. The number of anilines is 1. The highest BCUT2D eigenvalue weighted by Gasteiger charge is 2.27. The van der Waals surface area contributed by atoms with E-state index in [0.717, 1.165) is 37.5 Å². The van der Waals surface area contributed by atoms with E-state index in [2.05, 4.69) is 35.0 Å². The zero-order valence-corrected chi connectivity index (χ0v) is 16.4. The summed E-state index contributed by atoms with van der Waals surface area (Å²) in [6.45, 7) is 7.41. The molecule has 1 saturated carbocycles. The van der Waals surface area contributed by atoms with E-state index in [1.165, 1.54) is 19.3 Å². The molecule has 1 fully saturated rings. The topological polar surface area (TPSA) is 44.8 Å². The Hall–Kier alpha value is -1.75. The molecule has 0 saturated heterocycles. The van der Waals surface area contributed by atoms with Crippen molar-refractivity contribution in [2.45, 2.75) is 51.7 Å². The quantitative estimate of drug-likeness (QED) is 0.848. The zero-order valence-electron chi connectivity index (χ0n) is 16.4. The van der Waals surface area contributed by atoms with E-state index >= 15 is 0 Å². The van der Waals surface area contributed by atoms with Gasteiger partial charge in [0.1, 0.15) is 11.9 Å². The van der Waals surface area contributed by atoms with Gasteiger partial charge in [-0.25, -0.2) is 0 Å². The number of rotatable bonds is 6. The number of para-hydroxylation sites is 2. The Morgan fingerprint density at radius 1 is 1.31 bits per heavy atom. The fraction of sp³-hybridized carbons (Fsp3) is 0.667. The molecule has 0 radical (unpaired) electrons. The second kappa shape index (κ2) is 8.76. The molecule has 1 N–H and O–H groups in total. The Morgan fingerprint density at radius 3 is 2.85 bits per heavy atom. The van der Waals surface area contributed by atoms with Gasteiger partial charge in [-0.3, -0.25) is 9.69 Å². The van der Waals surface area contributed by atoms with Crippen LogP contribution in [0.5, 0.6) is 5.75 Å². The van der Waals surface area contributed by atoms with Gasteiger partial charge in [0.05, 0.1) is 18.8 Å². The Kier molecular flexibility index (Phi) is 6.41. The third kappa shape index (κ3) is 4.70. The second-order valence-electron chi connectivity index (χ2n) is 7.88. The molecule has 5 heteroatoms. The van der Waals surface area contributed by atoms with Crippen molar-refractivity contribution in [1.29, 1.82) is 0 Å². The predicted molar refractivity (Wildman–Crippen MR) is 106 cm³/mol. The zero-order chi connectivity index (χ0) is 18.5. The van der Waals surface area contributed by atoms with E-state index in [4.69, 9.17) is 4.74 Å². The first-order valence-electron chi connectivity index (χ1n) is 10.1. The lowest BCUT2D eigenvalue weighted by Gasteiger charge is -2.37. The van der Waals surface area contributed by atoms with Gasteiger partial charge < -0.3 is 15.0 Å². The van der Waals surface area contributed by atoms with Crippen LogP contribution < -0.4 is 15.0 Å². The molecule has 1 aliphatic heterocycles. The summed E-state index contributed by atoms with van der Waals surface area (Å²) < 4.78 is 6.17. The van der Waals surface area contributed by atoms with Crippen molar-refractivity contribution in [2.24, 2.45) is 5.92 Å². The predicted octanol–water partition coefficient (Wildman–Crippen LogP) is 2.90. The molecular weight excluding hydrogens is 326 g/mol. The van der Waals surface area contributed by atoms with Crippen molar-refractivity contribution in [2.75, 3.05) is 38.1 Å². The molecule has 3 rings (SSSR count). The Morgan fingerprint density at radius 2 is 2.08 bits per heavy atom. The van der Waals surface area contributed by atoms with Crippen molar-refractivity contribution >= 4 is 11.6 Å². The highest BCUT2D eigenvalue weighted by atomic mass is 16.5. The Balaban J connectivity index is 1.50. The fourth-order valence-corrected chi connectivity index (χ4v) is 4.21. The van der Waals surface area contributed by atoms with Gasteiger partial charge >= 0.3 is 0 Å². The second-order valence-corrected chi connectivity index (χ2v) is 7.88. The smallest absolute Gasteiger partial charge is 0.234 e. The van der Waals surface area contributed by atoms with Crippen LogP contribution in [-0.4, -0.2) is 56.2 Å². The van der Waals surface area contributed by atoms with Gasteiger partial charge in [0.2, 0.25) is 5.91 Å². The minimum Gasteiger partial charge on any atom is -0.485 e. The lowest BCUT2D eigenvalue weighted by atomic mass is 9.86. The first-order valence-corrected chi connectivity index (χ1v) is 10.1. The SMILES string of the molecule is CCN1C[C@H](CN(C)CC(=O)N[C@@H]2CCCC[C@@H]2C)Oc2ccccc21. The van der Waals surface area contributed by atoms with Crippen molar-refractivity contribution in [3.8, 4) is 5.75 Å². The number of carbonyl (C=O) groups excluding carboxylic acids is 1. The minimum absolute atomic E-state index is 0.0799. The van der Waals surface area contributed by atoms with Crippen LogP contribution >= 0.6 is 0 Å². The molecule has 0 unspecified atom stereocenters. The van der Waals surface area contributed by atoms with Crippen LogP contribution in [0.4, 0.5) is 5.69 Å². The molecule has 5 nitrogen and oxygen atoms in total. The standard InChI is InChI=1S/C21H33N3O2/c1-4-24-14-17(26-20-12-8-7-11-19(20)24)13-23(3)15-21(25)22-18-10-6-5-9-16(18)2/h7-8,11-12,16-18H,4-6,9-10,13-15H2,1-3H3,(H,22,25)/t16-,17-,18+/m0/s1. The number of hydrogen-bond acceptors (Lipinski definition) is 4. The summed E-state index contributed by atoms with van der Waals surface area (Å²) in [6.07, 6.45) is 4.94. The van der Waals surface area contributed by atoms with Crippen molar-refractivity contribution < 1.29 is 9.53 Å². The molecule has 1 aromatic carbocycles. The molecule has 1 heterocycles. The molecule has 0 bridgehead atoms. The van der Waals surface area contributed by atoms with Crippen LogP contribution in [-0.2, 0) is 4.79 Å². The average molecular weight is 360 g/mol. The van der Waals surface area contributed by atoms with Crippen LogP contribution in [0.1, 0.15) is 39.5 Å². The molecule has 3 atom stereocenters. The maximum Gasteiger partial charge on any atom is 0.234 e. The van der Waals surface area contributed by atoms with Gasteiger partial charge in [0.15, 0.2) is 0 Å². The number of ether oxygens (including phenoxy) is 1. The molecule has 26 heavy (non-hydrogen) atoms. The summed E-state index contributed by atoms with van der Waals surface area (Å²) in [5.74, 6) is 1.67. The molecule has 1 aliphatic carbocycles. The van der Waals surface area contributed by atoms with Gasteiger partial charge in [-0.2, -0.15) is 0 Å². The van der Waals surface area contributed by atoms with E-state index in [9.17, 15) is 4.79 Å². The molecular formula is C21H33N3O2. The summed E-state index contributed by atoms with van der Waals surface area (Å²) in [7, 11) is 2.00. The first kappa shape index (κ1) is 19.0. The summed E-state index contributed by atoms with van der Waals surface area (Å²) in [4.78, 5) is 16.9. The third-order valence-corrected chi connectivity index (χ3v) is 5.69. The van der Waals surface area contributed by atoms with Crippen molar-refractivity contribution in [3.63, 3.8) is 0 Å². The van der Waals surface area contributed by atoms with Crippen LogP contribution in [0.3, 0.4) is 0 Å². The Bertz CT molecular complexity index is 607. The average Bonchev–Trinajstić information content (AvgIpc) is 2.62. The highest BCUT2D eigenvalue weighted by Crippen LogP contribution is 2.32. The molecule has 1 amide bonds. The third-order valence-electron chi connectivity index (χ3n) is 5.69. The van der Waals surface area contributed by atoms with E-state index < -0.39 is 0 Å². The van der Waals surface area contributed by atoms with E-state index in [1.54, 1.807) is 0 Å². The fourth-order valence-electron chi connectivity index (χ4n) is 4.21. The lowest BCUT2D eigenvalue weighted by Crippen LogP contribution is -2.49. The maximum absolute atomic E-state index is 12.4. The van der Waals surface area contributed by atoms with Gasteiger partial charge in [0, 0.05) is 19.1 Å². The van der Waals surface area contributed by atoms with Crippen molar-refractivity contribution in [1.82, 2.24) is 10.2 Å².